The molecule has 1 saturated carbocycles. The van der Waals surface area contributed by atoms with Gasteiger partial charge in [0, 0.05) is 19.1 Å². The third-order valence-electron chi connectivity index (χ3n) is 3.06. The zero-order valence-corrected chi connectivity index (χ0v) is 9.32. The molecule has 1 aliphatic carbocycles. The van der Waals surface area contributed by atoms with Crippen molar-refractivity contribution in [2.45, 2.75) is 50.7 Å². The lowest BCUT2D eigenvalue weighted by molar-refractivity contribution is 0.0153. The van der Waals surface area contributed by atoms with E-state index < -0.39 is 0 Å². The summed E-state index contributed by atoms with van der Waals surface area (Å²) >= 11 is 0. The van der Waals surface area contributed by atoms with Crippen molar-refractivity contribution in [3.63, 3.8) is 0 Å². The fraction of sp³-hybridized carbons (Fsp3) is 0.818. The summed E-state index contributed by atoms with van der Waals surface area (Å²) in [6.45, 7) is 0.871. The highest BCUT2D eigenvalue weighted by Crippen LogP contribution is 2.24. The van der Waals surface area contributed by atoms with Gasteiger partial charge in [0.25, 0.3) is 0 Å². The van der Waals surface area contributed by atoms with Gasteiger partial charge >= 0.3 is 6.01 Å². The second kappa shape index (κ2) is 4.41. The number of hydrogen-bond acceptors (Lipinski definition) is 5. The molecule has 1 N–H and O–H groups in total. The summed E-state index contributed by atoms with van der Waals surface area (Å²) in [5.74, 6) is 0.759. The number of anilines is 1. The van der Waals surface area contributed by atoms with E-state index in [1.807, 2.05) is 0 Å². The van der Waals surface area contributed by atoms with E-state index in [4.69, 9.17) is 9.26 Å². The van der Waals surface area contributed by atoms with E-state index in [0.717, 1.165) is 25.3 Å². The van der Waals surface area contributed by atoms with E-state index in [1.165, 1.54) is 25.7 Å². The molecule has 88 valence electrons. The quantitative estimate of drug-likeness (QED) is 0.842. The fourth-order valence-electron chi connectivity index (χ4n) is 1.97. The van der Waals surface area contributed by atoms with Crippen molar-refractivity contribution >= 4 is 6.01 Å². The lowest BCUT2D eigenvalue weighted by Gasteiger charge is -2.20. The maximum atomic E-state index is 5.64. The molecule has 2 fully saturated rings. The van der Waals surface area contributed by atoms with Crippen LogP contribution in [0.4, 0.5) is 6.01 Å². The number of ether oxygens (including phenoxy) is 1. The first-order chi connectivity index (χ1) is 7.90. The van der Waals surface area contributed by atoms with Gasteiger partial charge in [-0.15, -0.1) is 0 Å². The topological polar surface area (TPSA) is 60.2 Å². The maximum Gasteiger partial charge on any atom is 0.321 e. The molecule has 2 aliphatic rings. The standard InChI is InChI=1S/C11H17N3O2/c1-2-6-15-9(3-1)7-10-13-11(16-14-10)12-8-4-5-8/h8-9H,1-7H2,(H,12,13,14). The van der Waals surface area contributed by atoms with Gasteiger partial charge in [0.05, 0.1) is 6.10 Å². The Morgan fingerprint density at radius 3 is 2.94 bits per heavy atom. The first-order valence-electron chi connectivity index (χ1n) is 6.11. The molecule has 0 amide bonds. The third-order valence-corrected chi connectivity index (χ3v) is 3.06. The lowest BCUT2D eigenvalue weighted by Crippen LogP contribution is -2.21. The van der Waals surface area contributed by atoms with Gasteiger partial charge in [0.2, 0.25) is 0 Å². The molecule has 5 nitrogen and oxygen atoms in total. The van der Waals surface area contributed by atoms with Crippen LogP contribution in [0.1, 0.15) is 37.9 Å². The molecular weight excluding hydrogens is 206 g/mol. The van der Waals surface area contributed by atoms with Crippen LogP contribution in [-0.2, 0) is 11.2 Å². The Hall–Kier alpha value is -1.10. The van der Waals surface area contributed by atoms with Gasteiger partial charge in [-0.1, -0.05) is 5.16 Å². The van der Waals surface area contributed by atoms with Crippen molar-refractivity contribution < 1.29 is 9.26 Å². The van der Waals surface area contributed by atoms with Crippen LogP contribution >= 0.6 is 0 Å². The van der Waals surface area contributed by atoms with E-state index in [-0.39, 0.29) is 6.10 Å². The number of nitrogens with zero attached hydrogens (tertiary/aromatic N) is 2. The predicted octanol–water partition coefficient (Wildman–Crippen LogP) is 1.76. The summed E-state index contributed by atoms with van der Waals surface area (Å²) in [5, 5.41) is 7.15. The summed E-state index contributed by atoms with van der Waals surface area (Å²) in [5.41, 5.74) is 0. The molecule has 2 heterocycles. The van der Waals surface area contributed by atoms with E-state index in [0.29, 0.717) is 12.1 Å². The lowest BCUT2D eigenvalue weighted by atomic mass is 10.1. The summed E-state index contributed by atoms with van der Waals surface area (Å²) in [6, 6.07) is 1.12. The van der Waals surface area contributed by atoms with Crippen LogP contribution < -0.4 is 5.32 Å². The summed E-state index contributed by atoms with van der Waals surface area (Å²) in [6.07, 6.45) is 7.01. The Morgan fingerprint density at radius 2 is 2.19 bits per heavy atom. The predicted molar refractivity (Wildman–Crippen MR) is 58.2 cm³/mol. The van der Waals surface area contributed by atoms with E-state index >= 15 is 0 Å². The van der Waals surface area contributed by atoms with Crippen LogP contribution in [0.25, 0.3) is 0 Å². The van der Waals surface area contributed by atoms with Gasteiger partial charge in [0.15, 0.2) is 5.82 Å². The summed E-state index contributed by atoms with van der Waals surface area (Å²) in [7, 11) is 0. The Bertz CT molecular complexity index is 343. The molecule has 1 atom stereocenters. The first-order valence-corrected chi connectivity index (χ1v) is 6.11. The van der Waals surface area contributed by atoms with Crippen LogP contribution in [0.5, 0.6) is 0 Å². The van der Waals surface area contributed by atoms with Gasteiger partial charge in [-0.25, -0.2) is 0 Å². The minimum absolute atomic E-state index is 0.278. The Kier molecular flexibility index (Phi) is 2.78. The van der Waals surface area contributed by atoms with Gasteiger partial charge in [-0.3, -0.25) is 0 Å². The minimum Gasteiger partial charge on any atom is -0.378 e. The van der Waals surface area contributed by atoms with Crippen LogP contribution in [-0.4, -0.2) is 28.9 Å². The largest absolute Gasteiger partial charge is 0.378 e. The molecule has 3 rings (SSSR count). The molecule has 0 radical (unpaired) electrons. The Balaban J connectivity index is 1.54. The third kappa shape index (κ3) is 2.52. The molecule has 1 aromatic rings. The average Bonchev–Trinajstić information content (AvgIpc) is 3.01. The van der Waals surface area contributed by atoms with Crippen molar-refractivity contribution in [3.8, 4) is 0 Å². The molecule has 1 aliphatic heterocycles. The Labute approximate surface area is 94.6 Å². The second-order valence-electron chi connectivity index (χ2n) is 4.63. The molecule has 16 heavy (non-hydrogen) atoms. The van der Waals surface area contributed by atoms with Gasteiger partial charge in [0.1, 0.15) is 0 Å². The highest BCUT2D eigenvalue weighted by atomic mass is 16.5. The minimum atomic E-state index is 0.278. The zero-order valence-electron chi connectivity index (χ0n) is 9.32. The maximum absolute atomic E-state index is 5.64. The molecule has 1 unspecified atom stereocenters. The Morgan fingerprint density at radius 1 is 1.25 bits per heavy atom. The van der Waals surface area contributed by atoms with E-state index in [9.17, 15) is 0 Å². The van der Waals surface area contributed by atoms with Crippen LogP contribution in [0.3, 0.4) is 0 Å². The monoisotopic (exact) mass is 223 g/mol. The van der Waals surface area contributed by atoms with Crippen molar-refractivity contribution in [2.24, 2.45) is 0 Å². The van der Waals surface area contributed by atoms with Crippen molar-refractivity contribution in [1.29, 1.82) is 0 Å². The molecule has 0 bridgehead atoms. The molecular formula is C11H17N3O2. The smallest absolute Gasteiger partial charge is 0.321 e. The van der Waals surface area contributed by atoms with Crippen LogP contribution in [0.15, 0.2) is 4.52 Å². The van der Waals surface area contributed by atoms with Crippen molar-refractivity contribution in [1.82, 2.24) is 10.1 Å². The molecule has 0 spiro atoms. The molecule has 1 aromatic heterocycles. The number of hydrogen-bond donors (Lipinski definition) is 1. The average molecular weight is 223 g/mol. The number of nitrogens with one attached hydrogen (secondary N) is 1. The number of aromatic nitrogens is 2. The molecule has 0 aromatic carbocycles. The first kappa shape index (κ1) is 10.1. The van der Waals surface area contributed by atoms with Crippen LogP contribution in [0, 0.1) is 0 Å². The van der Waals surface area contributed by atoms with Gasteiger partial charge in [-0.2, -0.15) is 4.98 Å². The normalized spacial score (nSPS) is 25.6. The molecule has 1 saturated heterocycles. The number of rotatable bonds is 4. The molecule has 5 heteroatoms. The highest BCUT2D eigenvalue weighted by molar-refractivity contribution is 5.23. The summed E-state index contributed by atoms with van der Waals surface area (Å²) in [4.78, 5) is 4.32. The van der Waals surface area contributed by atoms with Crippen LogP contribution in [0.2, 0.25) is 0 Å². The summed E-state index contributed by atoms with van der Waals surface area (Å²) < 4.78 is 10.8. The fourth-order valence-corrected chi connectivity index (χ4v) is 1.97. The second-order valence-corrected chi connectivity index (χ2v) is 4.63. The highest BCUT2D eigenvalue weighted by Gasteiger charge is 2.24. The van der Waals surface area contributed by atoms with E-state index in [1.54, 1.807) is 0 Å². The van der Waals surface area contributed by atoms with Crippen molar-refractivity contribution in [2.75, 3.05) is 11.9 Å². The zero-order chi connectivity index (χ0) is 10.8. The SMILES string of the molecule is C1CCC(Cc2noc(NC3CC3)n2)OC1. The van der Waals surface area contributed by atoms with Crippen molar-refractivity contribution in [3.05, 3.63) is 5.82 Å². The van der Waals surface area contributed by atoms with Gasteiger partial charge in [-0.05, 0) is 32.1 Å². The van der Waals surface area contributed by atoms with Gasteiger partial charge < -0.3 is 14.6 Å². The van der Waals surface area contributed by atoms with E-state index in [2.05, 4.69) is 15.5 Å².